The number of amides is 1. The van der Waals surface area contributed by atoms with Crippen LogP contribution in [-0.4, -0.2) is 47.4 Å². The van der Waals surface area contributed by atoms with Crippen molar-refractivity contribution in [3.05, 3.63) is 23.9 Å². The topological polar surface area (TPSA) is 45.2 Å². The van der Waals surface area contributed by atoms with Gasteiger partial charge < -0.3 is 10.2 Å². The molecule has 4 nitrogen and oxygen atoms in total. The highest BCUT2D eigenvalue weighted by molar-refractivity contribution is 7.98. The van der Waals surface area contributed by atoms with E-state index in [4.69, 9.17) is 0 Å². The minimum absolute atomic E-state index is 0.0511. The summed E-state index contributed by atoms with van der Waals surface area (Å²) in [5, 5.41) is 3.12. The molecular formula is C14H23N3OS. The molecule has 1 rings (SSSR count). The minimum atomic E-state index is 0.0511. The van der Waals surface area contributed by atoms with Gasteiger partial charge in [-0.3, -0.25) is 4.79 Å². The molecule has 19 heavy (non-hydrogen) atoms. The Bertz CT molecular complexity index is 411. The number of carbonyl (C=O) groups is 1. The summed E-state index contributed by atoms with van der Waals surface area (Å²) in [6.07, 6.45) is 4.76. The Morgan fingerprint density at radius 3 is 2.95 bits per heavy atom. The van der Waals surface area contributed by atoms with Crippen LogP contribution in [0.1, 0.15) is 30.6 Å². The van der Waals surface area contributed by atoms with E-state index in [-0.39, 0.29) is 11.9 Å². The molecule has 1 atom stereocenters. The van der Waals surface area contributed by atoms with E-state index in [0.717, 1.165) is 24.5 Å². The highest BCUT2D eigenvalue weighted by Gasteiger charge is 2.17. The standard InChI is InChI=1S/C14H23N3OS/c1-5-15-13-10-12(6-8-16-13)14(18)17(3)11(2)7-9-19-4/h6,8,10-11H,5,7,9H2,1-4H3,(H,15,16). The van der Waals surface area contributed by atoms with Gasteiger partial charge in [-0.1, -0.05) is 0 Å². The monoisotopic (exact) mass is 281 g/mol. The van der Waals surface area contributed by atoms with Crippen molar-refractivity contribution >= 4 is 23.5 Å². The van der Waals surface area contributed by atoms with E-state index in [9.17, 15) is 4.79 Å². The minimum Gasteiger partial charge on any atom is -0.370 e. The number of carbonyl (C=O) groups excluding carboxylic acids is 1. The van der Waals surface area contributed by atoms with Gasteiger partial charge in [0.15, 0.2) is 0 Å². The third-order valence-corrected chi connectivity index (χ3v) is 3.73. The lowest BCUT2D eigenvalue weighted by Gasteiger charge is -2.25. The first-order valence-electron chi connectivity index (χ1n) is 6.56. The normalized spacial score (nSPS) is 12.0. The molecule has 0 fully saturated rings. The van der Waals surface area contributed by atoms with E-state index in [0.29, 0.717) is 5.56 Å². The van der Waals surface area contributed by atoms with Crippen LogP contribution in [0.4, 0.5) is 5.82 Å². The molecule has 1 aromatic heterocycles. The molecule has 1 amide bonds. The van der Waals surface area contributed by atoms with Gasteiger partial charge in [-0.25, -0.2) is 4.98 Å². The van der Waals surface area contributed by atoms with Crippen LogP contribution < -0.4 is 5.32 Å². The van der Waals surface area contributed by atoms with Gasteiger partial charge in [-0.05, 0) is 44.4 Å². The van der Waals surface area contributed by atoms with E-state index >= 15 is 0 Å². The Balaban J connectivity index is 2.73. The zero-order valence-electron chi connectivity index (χ0n) is 12.1. The molecule has 0 aliphatic carbocycles. The number of hydrogen-bond acceptors (Lipinski definition) is 4. The van der Waals surface area contributed by atoms with Gasteiger partial charge in [0.1, 0.15) is 5.82 Å². The molecule has 1 heterocycles. The van der Waals surface area contributed by atoms with E-state index in [1.54, 1.807) is 28.9 Å². The average Bonchev–Trinajstić information content (AvgIpc) is 2.43. The number of aromatic nitrogens is 1. The van der Waals surface area contributed by atoms with Crippen molar-refractivity contribution < 1.29 is 4.79 Å². The second kappa shape index (κ2) is 8.04. The molecule has 5 heteroatoms. The van der Waals surface area contributed by atoms with E-state index in [2.05, 4.69) is 23.5 Å². The fourth-order valence-corrected chi connectivity index (χ4v) is 2.30. The number of thioether (sulfide) groups is 1. The van der Waals surface area contributed by atoms with Gasteiger partial charge in [0.05, 0.1) is 0 Å². The first kappa shape index (κ1) is 15.8. The van der Waals surface area contributed by atoms with Crippen LogP contribution in [0.15, 0.2) is 18.3 Å². The molecule has 106 valence electrons. The predicted molar refractivity (Wildman–Crippen MR) is 83.0 cm³/mol. The lowest BCUT2D eigenvalue weighted by Crippen LogP contribution is -2.35. The van der Waals surface area contributed by atoms with Crippen LogP contribution in [0, 0.1) is 0 Å². The third-order valence-electron chi connectivity index (χ3n) is 3.09. The average molecular weight is 281 g/mol. The zero-order chi connectivity index (χ0) is 14.3. The molecule has 0 aliphatic rings. The van der Waals surface area contributed by atoms with E-state index in [1.165, 1.54) is 0 Å². The number of hydrogen-bond donors (Lipinski definition) is 1. The van der Waals surface area contributed by atoms with Crippen molar-refractivity contribution in [2.75, 3.05) is 30.9 Å². The number of rotatable bonds is 7. The summed E-state index contributed by atoms with van der Waals surface area (Å²) >= 11 is 1.81. The summed E-state index contributed by atoms with van der Waals surface area (Å²) in [6.45, 7) is 4.89. The van der Waals surface area contributed by atoms with Crippen molar-refractivity contribution in [2.24, 2.45) is 0 Å². The number of nitrogens with zero attached hydrogens (tertiary/aromatic N) is 2. The lowest BCUT2D eigenvalue weighted by atomic mass is 10.1. The van der Waals surface area contributed by atoms with Crippen LogP contribution in [0.5, 0.6) is 0 Å². The first-order chi connectivity index (χ1) is 9.10. The summed E-state index contributed by atoms with van der Waals surface area (Å²) < 4.78 is 0. The Hall–Kier alpha value is -1.23. The molecule has 1 aromatic rings. The predicted octanol–water partition coefficient (Wildman–Crippen LogP) is 2.73. The summed E-state index contributed by atoms with van der Waals surface area (Å²) in [4.78, 5) is 18.4. The van der Waals surface area contributed by atoms with Crippen molar-refractivity contribution in [3.8, 4) is 0 Å². The van der Waals surface area contributed by atoms with Gasteiger partial charge in [0.25, 0.3) is 5.91 Å². The largest absolute Gasteiger partial charge is 0.370 e. The summed E-state index contributed by atoms with van der Waals surface area (Å²) in [7, 11) is 1.86. The van der Waals surface area contributed by atoms with Crippen molar-refractivity contribution in [3.63, 3.8) is 0 Å². The quantitative estimate of drug-likeness (QED) is 0.834. The second-order valence-electron chi connectivity index (χ2n) is 4.51. The molecule has 1 N–H and O–H groups in total. The smallest absolute Gasteiger partial charge is 0.254 e. The van der Waals surface area contributed by atoms with Crippen LogP contribution in [0.2, 0.25) is 0 Å². The van der Waals surface area contributed by atoms with Crippen molar-refractivity contribution in [1.82, 2.24) is 9.88 Å². The van der Waals surface area contributed by atoms with Crippen LogP contribution >= 0.6 is 11.8 Å². The van der Waals surface area contributed by atoms with Crippen LogP contribution in [0.25, 0.3) is 0 Å². The summed E-state index contributed by atoms with van der Waals surface area (Å²) in [5.41, 5.74) is 0.685. The fourth-order valence-electron chi connectivity index (χ4n) is 1.73. The number of anilines is 1. The third kappa shape index (κ3) is 4.74. The maximum atomic E-state index is 12.4. The molecule has 0 saturated carbocycles. The lowest BCUT2D eigenvalue weighted by molar-refractivity contribution is 0.0741. The molecular weight excluding hydrogens is 258 g/mol. The molecule has 0 saturated heterocycles. The van der Waals surface area contributed by atoms with Crippen LogP contribution in [-0.2, 0) is 0 Å². The van der Waals surface area contributed by atoms with Gasteiger partial charge >= 0.3 is 0 Å². The highest BCUT2D eigenvalue weighted by atomic mass is 32.2. The Morgan fingerprint density at radius 1 is 1.58 bits per heavy atom. The molecule has 0 aliphatic heterocycles. The van der Waals surface area contributed by atoms with Gasteiger partial charge in [-0.15, -0.1) is 0 Å². The SMILES string of the molecule is CCNc1cc(C(=O)N(C)C(C)CCSC)ccn1. The molecule has 0 aromatic carbocycles. The first-order valence-corrected chi connectivity index (χ1v) is 7.95. The van der Waals surface area contributed by atoms with E-state index < -0.39 is 0 Å². The fraction of sp³-hybridized carbons (Fsp3) is 0.571. The molecule has 0 bridgehead atoms. The van der Waals surface area contributed by atoms with Crippen LogP contribution in [0.3, 0.4) is 0 Å². The van der Waals surface area contributed by atoms with Gasteiger partial charge in [-0.2, -0.15) is 11.8 Å². The summed E-state index contributed by atoms with van der Waals surface area (Å²) in [5.74, 6) is 1.87. The highest BCUT2D eigenvalue weighted by Crippen LogP contribution is 2.13. The van der Waals surface area contributed by atoms with Crippen molar-refractivity contribution in [2.45, 2.75) is 26.3 Å². The van der Waals surface area contributed by atoms with Crippen molar-refractivity contribution in [1.29, 1.82) is 0 Å². The zero-order valence-corrected chi connectivity index (χ0v) is 13.0. The maximum Gasteiger partial charge on any atom is 0.254 e. The number of pyridine rings is 1. The molecule has 0 radical (unpaired) electrons. The molecule has 0 spiro atoms. The maximum absolute atomic E-state index is 12.4. The van der Waals surface area contributed by atoms with E-state index in [1.807, 2.05) is 20.0 Å². The Kier molecular flexibility index (Phi) is 6.70. The molecule has 1 unspecified atom stereocenters. The Labute approximate surface area is 120 Å². The van der Waals surface area contributed by atoms with Gasteiger partial charge in [0.2, 0.25) is 0 Å². The Morgan fingerprint density at radius 2 is 2.32 bits per heavy atom. The number of nitrogens with one attached hydrogen (secondary N) is 1. The second-order valence-corrected chi connectivity index (χ2v) is 5.49. The summed E-state index contributed by atoms with van der Waals surface area (Å²) in [6, 6.07) is 3.82. The van der Waals surface area contributed by atoms with Gasteiger partial charge in [0, 0.05) is 31.4 Å².